The summed E-state index contributed by atoms with van der Waals surface area (Å²) in [6.07, 6.45) is 0.266. The number of nitrogens with zero attached hydrogens (tertiary/aromatic N) is 1. The van der Waals surface area contributed by atoms with Gasteiger partial charge in [-0.2, -0.15) is 0 Å². The quantitative estimate of drug-likeness (QED) is 0.690. The van der Waals surface area contributed by atoms with Gasteiger partial charge in [-0.05, 0) is 11.1 Å². The lowest BCUT2D eigenvalue weighted by Crippen LogP contribution is -2.39. The summed E-state index contributed by atoms with van der Waals surface area (Å²) in [5.41, 5.74) is 2.11. The van der Waals surface area contributed by atoms with E-state index in [1.54, 1.807) is 11.8 Å². The second kappa shape index (κ2) is 10.5. The van der Waals surface area contributed by atoms with Crippen molar-refractivity contribution in [3.05, 3.63) is 71.8 Å². The molecule has 0 heterocycles. The maximum Gasteiger partial charge on any atom is 0.310 e. The Morgan fingerprint density at radius 1 is 1.00 bits per heavy atom. The van der Waals surface area contributed by atoms with E-state index in [0.717, 1.165) is 11.1 Å². The molecule has 1 N–H and O–H groups in total. The molecule has 0 radical (unpaired) electrons. The largest absolute Gasteiger partial charge is 0.469 e. The van der Waals surface area contributed by atoms with Crippen LogP contribution < -0.4 is 0 Å². The molecule has 0 fully saturated rings. The molecule has 27 heavy (non-hydrogen) atoms. The Hall–Kier alpha value is -2.66. The van der Waals surface area contributed by atoms with E-state index in [9.17, 15) is 14.7 Å². The predicted octanol–water partition coefficient (Wildman–Crippen LogP) is 2.84. The summed E-state index contributed by atoms with van der Waals surface area (Å²) in [7, 11) is 1.33. The number of aliphatic hydroxyl groups is 1. The van der Waals surface area contributed by atoms with E-state index in [1.165, 1.54) is 7.11 Å². The van der Waals surface area contributed by atoms with Crippen LogP contribution >= 0.6 is 0 Å². The van der Waals surface area contributed by atoms with Crippen molar-refractivity contribution in [1.29, 1.82) is 0 Å². The van der Waals surface area contributed by atoms with Crippen LogP contribution in [0.2, 0.25) is 0 Å². The zero-order chi connectivity index (χ0) is 19.6. The van der Waals surface area contributed by atoms with Gasteiger partial charge >= 0.3 is 5.97 Å². The second-order valence-corrected chi connectivity index (χ2v) is 6.57. The molecule has 0 bridgehead atoms. The van der Waals surface area contributed by atoms with Gasteiger partial charge in [0.05, 0.1) is 19.6 Å². The Morgan fingerprint density at radius 2 is 1.52 bits per heavy atom. The molecule has 2 rings (SSSR count). The molecule has 0 saturated heterocycles. The number of ether oxygens (including phenoxy) is 1. The van der Waals surface area contributed by atoms with Crippen molar-refractivity contribution in [2.24, 2.45) is 5.92 Å². The maximum absolute atomic E-state index is 13.0. The third-order valence-corrected chi connectivity index (χ3v) is 4.60. The van der Waals surface area contributed by atoms with Gasteiger partial charge in [-0.3, -0.25) is 9.59 Å². The van der Waals surface area contributed by atoms with Gasteiger partial charge < -0.3 is 14.7 Å². The highest BCUT2D eigenvalue weighted by atomic mass is 16.5. The molecule has 1 amide bonds. The monoisotopic (exact) mass is 369 g/mol. The summed E-state index contributed by atoms with van der Waals surface area (Å²) in [5, 5.41) is 9.35. The van der Waals surface area contributed by atoms with Gasteiger partial charge in [0.15, 0.2) is 0 Å². The number of carbonyl (C=O) groups is 2. The number of hydrogen-bond donors (Lipinski definition) is 1. The number of benzene rings is 2. The van der Waals surface area contributed by atoms with Gasteiger partial charge in [0.2, 0.25) is 5.91 Å². The first-order valence-corrected chi connectivity index (χ1v) is 9.13. The molecule has 144 valence electrons. The van der Waals surface area contributed by atoms with Crippen molar-refractivity contribution in [2.45, 2.75) is 19.3 Å². The highest BCUT2D eigenvalue weighted by Gasteiger charge is 2.25. The fourth-order valence-electron chi connectivity index (χ4n) is 3.15. The molecule has 2 aromatic carbocycles. The van der Waals surface area contributed by atoms with Crippen LogP contribution in [0.1, 0.15) is 30.4 Å². The van der Waals surface area contributed by atoms with Crippen LogP contribution in [0.25, 0.3) is 0 Å². The molecule has 1 unspecified atom stereocenters. The van der Waals surface area contributed by atoms with Crippen molar-refractivity contribution in [1.82, 2.24) is 4.90 Å². The van der Waals surface area contributed by atoms with Crippen LogP contribution in [0.3, 0.4) is 0 Å². The lowest BCUT2D eigenvalue weighted by molar-refractivity contribution is -0.146. The van der Waals surface area contributed by atoms with Crippen molar-refractivity contribution >= 4 is 11.9 Å². The maximum atomic E-state index is 13.0. The van der Waals surface area contributed by atoms with Crippen LogP contribution in [0.15, 0.2) is 60.7 Å². The minimum atomic E-state index is -0.447. The summed E-state index contributed by atoms with van der Waals surface area (Å²) >= 11 is 0. The number of rotatable bonds is 9. The lowest BCUT2D eigenvalue weighted by atomic mass is 9.88. The number of esters is 1. The first-order valence-electron chi connectivity index (χ1n) is 9.13. The van der Waals surface area contributed by atoms with Gasteiger partial charge in [0.1, 0.15) is 0 Å². The Labute approximate surface area is 160 Å². The van der Waals surface area contributed by atoms with Crippen LogP contribution in [-0.4, -0.2) is 48.7 Å². The molecule has 1 atom stereocenters. The summed E-state index contributed by atoms with van der Waals surface area (Å²) in [6.45, 7) is 1.98. The molecule has 0 aliphatic carbocycles. The molecular formula is C22H27NO4. The van der Waals surface area contributed by atoms with Gasteiger partial charge in [-0.1, -0.05) is 67.6 Å². The Balaban J connectivity index is 2.21. The van der Waals surface area contributed by atoms with Gasteiger partial charge in [0.25, 0.3) is 0 Å². The zero-order valence-corrected chi connectivity index (χ0v) is 15.9. The Bertz CT molecular complexity index is 678. The highest BCUT2D eigenvalue weighted by Crippen LogP contribution is 2.28. The van der Waals surface area contributed by atoms with E-state index in [-0.39, 0.29) is 43.9 Å². The van der Waals surface area contributed by atoms with E-state index in [1.807, 2.05) is 60.7 Å². The van der Waals surface area contributed by atoms with Gasteiger partial charge in [-0.15, -0.1) is 0 Å². The Kier molecular flexibility index (Phi) is 8.01. The number of aliphatic hydroxyl groups excluding tert-OH is 1. The summed E-state index contributed by atoms with van der Waals surface area (Å²) in [4.78, 5) is 26.3. The van der Waals surface area contributed by atoms with Crippen LogP contribution in [-0.2, 0) is 14.3 Å². The number of methoxy groups -OCH3 is 1. The van der Waals surface area contributed by atoms with E-state index < -0.39 is 5.92 Å². The van der Waals surface area contributed by atoms with Crippen molar-refractivity contribution in [3.8, 4) is 0 Å². The topological polar surface area (TPSA) is 66.8 Å². The average molecular weight is 369 g/mol. The standard InChI is InChI=1S/C22H27NO4/c1-17(22(26)27-2)16-23(13-14-24)21(25)15-20(18-9-5-3-6-10-18)19-11-7-4-8-12-19/h3-12,17,20,24H,13-16H2,1-2H3. The summed E-state index contributed by atoms with van der Waals surface area (Å²) in [5.74, 6) is -1.00. The number of amides is 1. The van der Waals surface area contributed by atoms with Crippen LogP contribution in [0.4, 0.5) is 0 Å². The molecular weight excluding hydrogens is 342 g/mol. The van der Waals surface area contributed by atoms with Crippen LogP contribution in [0.5, 0.6) is 0 Å². The van der Waals surface area contributed by atoms with E-state index in [2.05, 4.69) is 0 Å². The van der Waals surface area contributed by atoms with E-state index in [4.69, 9.17) is 4.74 Å². The normalized spacial score (nSPS) is 11.9. The zero-order valence-electron chi connectivity index (χ0n) is 15.9. The molecule has 0 aliphatic heterocycles. The fraction of sp³-hybridized carbons (Fsp3) is 0.364. The van der Waals surface area contributed by atoms with Crippen molar-refractivity contribution < 1.29 is 19.4 Å². The molecule has 5 heteroatoms. The summed E-state index contributed by atoms with van der Waals surface area (Å²) < 4.78 is 4.75. The van der Waals surface area contributed by atoms with Gasteiger partial charge in [-0.25, -0.2) is 0 Å². The predicted molar refractivity (Wildman–Crippen MR) is 104 cm³/mol. The van der Waals surface area contributed by atoms with Crippen molar-refractivity contribution in [2.75, 3.05) is 26.8 Å². The highest BCUT2D eigenvalue weighted by molar-refractivity contribution is 5.79. The third kappa shape index (κ3) is 5.93. The fourth-order valence-corrected chi connectivity index (χ4v) is 3.15. The smallest absolute Gasteiger partial charge is 0.310 e. The minimum absolute atomic E-state index is 0.0884. The molecule has 5 nitrogen and oxygen atoms in total. The van der Waals surface area contributed by atoms with E-state index in [0.29, 0.717) is 0 Å². The lowest BCUT2D eigenvalue weighted by Gasteiger charge is -2.27. The van der Waals surface area contributed by atoms with Crippen molar-refractivity contribution in [3.63, 3.8) is 0 Å². The first kappa shape index (κ1) is 20.6. The van der Waals surface area contributed by atoms with E-state index >= 15 is 0 Å². The number of carbonyl (C=O) groups excluding carboxylic acids is 2. The SMILES string of the molecule is COC(=O)C(C)CN(CCO)C(=O)CC(c1ccccc1)c1ccccc1. The number of hydrogen-bond acceptors (Lipinski definition) is 4. The molecule has 0 spiro atoms. The molecule has 0 aromatic heterocycles. The first-order chi connectivity index (χ1) is 13.1. The Morgan fingerprint density at radius 3 is 1.96 bits per heavy atom. The second-order valence-electron chi connectivity index (χ2n) is 6.57. The van der Waals surface area contributed by atoms with Gasteiger partial charge in [0, 0.05) is 25.4 Å². The molecule has 2 aromatic rings. The molecule has 0 saturated carbocycles. The van der Waals surface area contributed by atoms with Crippen LogP contribution in [0, 0.1) is 5.92 Å². The molecule has 0 aliphatic rings. The third-order valence-electron chi connectivity index (χ3n) is 4.60. The average Bonchev–Trinajstić information content (AvgIpc) is 2.72. The summed E-state index contributed by atoms with van der Waals surface area (Å²) in [6, 6.07) is 19.8. The minimum Gasteiger partial charge on any atom is -0.469 e.